The highest BCUT2D eigenvalue weighted by Gasteiger charge is 2.33. The smallest absolute Gasteiger partial charge is 0.290 e. The Morgan fingerprint density at radius 1 is 1.22 bits per heavy atom. The number of carboxylic acid groups (broad SMARTS) is 1. The van der Waals surface area contributed by atoms with E-state index >= 15 is 0 Å². The van der Waals surface area contributed by atoms with Crippen molar-refractivity contribution < 1.29 is 14.7 Å². The second kappa shape index (κ2) is 7.06. The van der Waals surface area contributed by atoms with E-state index in [-0.39, 0.29) is 12.4 Å². The van der Waals surface area contributed by atoms with E-state index in [1.807, 2.05) is 24.3 Å². The summed E-state index contributed by atoms with van der Waals surface area (Å²) in [5, 5.41) is 7.89. The van der Waals surface area contributed by atoms with Crippen LogP contribution in [0.15, 0.2) is 24.3 Å². The van der Waals surface area contributed by atoms with Crippen LogP contribution in [0.25, 0.3) is 10.1 Å². The first-order chi connectivity index (χ1) is 11.2. The Balaban J connectivity index is 0.000000485. The van der Waals surface area contributed by atoms with E-state index in [4.69, 9.17) is 9.90 Å². The van der Waals surface area contributed by atoms with Gasteiger partial charge in [0.2, 0.25) is 0 Å². The standard InChI is InChI=1S/C15H17N3OS.CH2O2/c19-15(14-12-3-1-2-4-13(12)20-16-14)18-10-9-17-7-5-11(18)6-8-17;2-1-3/h1-4,11H,5-10H2;1H,(H,2,3). The third-order valence-corrected chi connectivity index (χ3v) is 5.32. The number of hydrogen-bond donors (Lipinski definition) is 1. The predicted octanol–water partition coefficient (Wildman–Crippen LogP) is 1.92. The second-order valence-electron chi connectivity index (χ2n) is 5.70. The molecule has 1 amide bonds. The number of carbonyl (C=O) groups is 2. The van der Waals surface area contributed by atoms with Gasteiger partial charge in [0, 0.05) is 37.6 Å². The van der Waals surface area contributed by atoms with Gasteiger partial charge in [0.1, 0.15) is 5.69 Å². The molecule has 1 aromatic carbocycles. The van der Waals surface area contributed by atoms with E-state index in [9.17, 15) is 4.79 Å². The number of hydrogen-bond acceptors (Lipinski definition) is 5. The van der Waals surface area contributed by atoms with Crippen molar-refractivity contribution in [2.45, 2.75) is 18.9 Å². The summed E-state index contributed by atoms with van der Waals surface area (Å²) in [4.78, 5) is 25.8. The maximum atomic E-state index is 12.9. The van der Waals surface area contributed by atoms with Crippen molar-refractivity contribution in [1.29, 1.82) is 0 Å². The minimum atomic E-state index is -0.250. The molecule has 0 saturated carbocycles. The molecule has 2 bridgehead atoms. The van der Waals surface area contributed by atoms with Crippen LogP contribution in [-0.4, -0.2) is 63.9 Å². The number of benzene rings is 1. The van der Waals surface area contributed by atoms with Gasteiger partial charge >= 0.3 is 0 Å². The average Bonchev–Trinajstić information content (AvgIpc) is 2.77. The van der Waals surface area contributed by atoms with Crippen LogP contribution in [0.3, 0.4) is 0 Å². The lowest BCUT2D eigenvalue weighted by atomic mass is 10.0. The normalized spacial score (nSPS) is 23.0. The molecule has 1 aromatic heterocycles. The van der Waals surface area contributed by atoms with Crippen LogP contribution in [0.2, 0.25) is 0 Å². The van der Waals surface area contributed by atoms with Crippen molar-refractivity contribution >= 4 is 34.0 Å². The van der Waals surface area contributed by atoms with Crippen LogP contribution < -0.4 is 0 Å². The van der Waals surface area contributed by atoms with Crippen LogP contribution in [0.5, 0.6) is 0 Å². The van der Waals surface area contributed by atoms with Gasteiger partial charge in [-0.2, -0.15) is 4.37 Å². The number of amides is 1. The van der Waals surface area contributed by atoms with Crippen LogP contribution >= 0.6 is 11.5 Å². The molecular weight excluding hydrogens is 314 g/mol. The molecule has 2 aromatic rings. The van der Waals surface area contributed by atoms with Gasteiger partial charge in [-0.15, -0.1) is 0 Å². The maximum absolute atomic E-state index is 12.9. The number of rotatable bonds is 1. The Hall–Kier alpha value is -1.99. The molecule has 1 N–H and O–H groups in total. The summed E-state index contributed by atoms with van der Waals surface area (Å²) < 4.78 is 5.52. The number of carbonyl (C=O) groups excluding carboxylic acids is 1. The maximum Gasteiger partial charge on any atom is 0.290 e. The molecule has 6 nitrogen and oxygen atoms in total. The Kier molecular flexibility index (Phi) is 4.88. The molecule has 23 heavy (non-hydrogen) atoms. The summed E-state index contributed by atoms with van der Waals surface area (Å²) in [7, 11) is 0. The first kappa shape index (κ1) is 15.9. The largest absolute Gasteiger partial charge is 0.483 e. The Morgan fingerprint density at radius 3 is 2.65 bits per heavy atom. The Morgan fingerprint density at radius 2 is 1.91 bits per heavy atom. The second-order valence-corrected chi connectivity index (χ2v) is 6.51. The molecule has 0 spiro atoms. The van der Waals surface area contributed by atoms with Crippen molar-refractivity contribution in [1.82, 2.24) is 14.2 Å². The zero-order valence-electron chi connectivity index (χ0n) is 12.7. The van der Waals surface area contributed by atoms with E-state index in [2.05, 4.69) is 14.2 Å². The summed E-state index contributed by atoms with van der Waals surface area (Å²) in [5.74, 6) is 0.121. The molecule has 122 valence electrons. The molecule has 5 rings (SSSR count). The van der Waals surface area contributed by atoms with Crippen molar-refractivity contribution in [2.75, 3.05) is 26.2 Å². The lowest BCUT2D eigenvalue weighted by Gasteiger charge is -2.31. The molecule has 3 aliphatic heterocycles. The SMILES string of the molecule is O=C(c1nsc2ccccc12)N1CCN2CCC1CC2.O=CO. The molecule has 3 aliphatic rings. The van der Waals surface area contributed by atoms with Gasteiger partial charge in [-0.1, -0.05) is 18.2 Å². The minimum Gasteiger partial charge on any atom is -0.483 e. The fourth-order valence-corrected chi connectivity index (χ4v) is 4.10. The number of fused-ring (bicyclic) bond motifs is 5. The zero-order chi connectivity index (χ0) is 16.2. The summed E-state index contributed by atoms with van der Waals surface area (Å²) in [5.41, 5.74) is 0.644. The van der Waals surface area contributed by atoms with Crippen molar-refractivity contribution in [2.24, 2.45) is 0 Å². The number of piperidine rings is 1. The fraction of sp³-hybridized carbons (Fsp3) is 0.438. The van der Waals surface area contributed by atoms with Gasteiger partial charge in [-0.3, -0.25) is 9.59 Å². The van der Waals surface area contributed by atoms with E-state index in [1.54, 1.807) is 0 Å². The molecule has 3 saturated heterocycles. The summed E-state index contributed by atoms with van der Waals surface area (Å²) in [6, 6.07) is 8.42. The van der Waals surface area contributed by atoms with Crippen LogP contribution in [0.1, 0.15) is 23.3 Å². The number of nitrogens with zero attached hydrogens (tertiary/aromatic N) is 3. The van der Waals surface area contributed by atoms with Crippen molar-refractivity contribution in [3.05, 3.63) is 30.0 Å². The van der Waals surface area contributed by atoms with E-state index < -0.39 is 0 Å². The highest BCUT2D eigenvalue weighted by Crippen LogP contribution is 2.27. The molecular formula is C16H19N3O3S. The minimum absolute atomic E-state index is 0.121. The fourth-order valence-electron chi connectivity index (χ4n) is 3.33. The van der Waals surface area contributed by atoms with Crippen LogP contribution in [-0.2, 0) is 4.79 Å². The quantitative estimate of drug-likeness (QED) is 0.807. The highest BCUT2D eigenvalue weighted by atomic mass is 32.1. The third-order valence-electron chi connectivity index (χ3n) is 4.50. The highest BCUT2D eigenvalue weighted by molar-refractivity contribution is 7.13. The molecule has 4 heterocycles. The summed E-state index contributed by atoms with van der Waals surface area (Å²) in [6.07, 6.45) is 2.21. The van der Waals surface area contributed by atoms with E-state index in [1.165, 1.54) is 11.5 Å². The average molecular weight is 333 g/mol. The molecule has 7 heteroatoms. The van der Waals surface area contributed by atoms with E-state index in [0.717, 1.165) is 49.1 Å². The first-order valence-corrected chi connectivity index (χ1v) is 8.47. The molecule has 3 fully saturated rings. The topological polar surface area (TPSA) is 73.7 Å². The van der Waals surface area contributed by atoms with Gasteiger partial charge in [0.05, 0.1) is 4.70 Å². The van der Waals surface area contributed by atoms with E-state index in [0.29, 0.717) is 11.7 Å². The lowest BCUT2D eigenvalue weighted by Crippen LogP contribution is -2.41. The van der Waals surface area contributed by atoms with Crippen molar-refractivity contribution in [3.8, 4) is 0 Å². The molecule has 0 radical (unpaired) electrons. The molecule has 0 atom stereocenters. The van der Waals surface area contributed by atoms with Gasteiger partial charge in [-0.25, -0.2) is 0 Å². The van der Waals surface area contributed by atoms with Gasteiger partial charge in [0.15, 0.2) is 0 Å². The van der Waals surface area contributed by atoms with Gasteiger partial charge < -0.3 is 14.9 Å². The first-order valence-electron chi connectivity index (χ1n) is 7.70. The van der Waals surface area contributed by atoms with Gasteiger partial charge in [-0.05, 0) is 30.4 Å². The monoisotopic (exact) mass is 333 g/mol. The number of aromatic nitrogens is 1. The van der Waals surface area contributed by atoms with Gasteiger partial charge in [0.25, 0.3) is 12.4 Å². The van der Waals surface area contributed by atoms with Crippen LogP contribution in [0, 0.1) is 0 Å². The Labute approximate surface area is 138 Å². The summed E-state index contributed by atoms with van der Waals surface area (Å²) in [6.45, 7) is 3.86. The predicted molar refractivity (Wildman–Crippen MR) is 88.8 cm³/mol. The van der Waals surface area contributed by atoms with Crippen LogP contribution in [0.4, 0.5) is 0 Å². The lowest BCUT2D eigenvalue weighted by molar-refractivity contribution is -0.122. The Bertz CT molecular complexity index is 695. The molecule has 0 unspecified atom stereocenters. The third kappa shape index (κ3) is 3.20. The molecule has 0 aliphatic carbocycles. The van der Waals surface area contributed by atoms with Crippen molar-refractivity contribution in [3.63, 3.8) is 0 Å². The summed E-state index contributed by atoms with van der Waals surface area (Å²) >= 11 is 1.42. The zero-order valence-corrected chi connectivity index (χ0v) is 13.5.